The fraction of sp³-hybridized carbons (Fsp3) is 1.00. The number of nitrogens with one attached hydrogen (secondary N) is 1. The highest BCUT2D eigenvalue weighted by Gasteiger charge is 1.93. The molecular formula is C9H21N. The van der Waals surface area contributed by atoms with Crippen molar-refractivity contribution in [2.45, 2.75) is 40.0 Å². The Bertz CT molecular complexity index is 41.5. The van der Waals surface area contributed by atoms with Crippen LogP contribution < -0.4 is 5.32 Å². The molecule has 1 heterocycles. The summed E-state index contributed by atoms with van der Waals surface area (Å²) in [6.07, 6.45) is 4.22. The summed E-state index contributed by atoms with van der Waals surface area (Å²) >= 11 is 0. The average molecular weight is 143 g/mol. The summed E-state index contributed by atoms with van der Waals surface area (Å²) in [6.45, 7) is 9.00. The van der Waals surface area contributed by atoms with Crippen molar-refractivity contribution in [1.82, 2.24) is 5.32 Å². The third-order valence-electron chi connectivity index (χ3n) is 1.21. The van der Waals surface area contributed by atoms with E-state index in [2.05, 4.69) is 26.1 Å². The zero-order chi connectivity index (χ0) is 7.82. The quantitative estimate of drug-likeness (QED) is 0.549. The molecule has 0 amide bonds. The molecule has 0 aromatic heterocycles. The minimum atomic E-state index is 0.833. The maximum Gasteiger partial charge on any atom is -0.00489 e. The highest BCUT2D eigenvalue weighted by atomic mass is 14.9. The predicted molar refractivity (Wildman–Crippen MR) is 47.2 cm³/mol. The Labute approximate surface area is 65.2 Å². The van der Waals surface area contributed by atoms with Crippen LogP contribution >= 0.6 is 0 Å². The van der Waals surface area contributed by atoms with Crippen molar-refractivity contribution >= 4 is 0 Å². The smallest absolute Gasteiger partial charge is 0.00489 e. The van der Waals surface area contributed by atoms with Gasteiger partial charge in [0.15, 0.2) is 0 Å². The van der Waals surface area contributed by atoms with E-state index in [9.17, 15) is 0 Å². The van der Waals surface area contributed by atoms with Crippen molar-refractivity contribution in [3.05, 3.63) is 0 Å². The monoisotopic (exact) mass is 143 g/mol. The van der Waals surface area contributed by atoms with Gasteiger partial charge in [-0.2, -0.15) is 0 Å². The van der Waals surface area contributed by atoms with Gasteiger partial charge in [0.05, 0.1) is 0 Å². The minimum absolute atomic E-state index is 0.833. The van der Waals surface area contributed by atoms with E-state index in [1.807, 2.05) is 0 Å². The first-order valence-electron chi connectivity index (χ1n) is 4.44. The maximum absolute atomic E-state index is 3.28. The summed E-state index contributed by atoms with van der Waals surface area (Å²) in [7, 11) is 0. The van der Waals surface area contributed by atoms with Gasteiger partial charge in [-0.25, -0.2) is 0 Å². The van der Waals surface area contributed by atoms with Gasteiger partial charge in [0.2, 0.25) is 0 Å². The largest absolute Gasteiger partial charge is 0.317 e. The Morgan fingerprint density at radius 3 is 1.40 bits per heavy atom. The topological polar surface area (TPSA) is 12.0 Å². The van der Waals surface area contributed by atoms with Crippen molar-refractivity contribution in [3.8, 4) is 0 Å². The molecular weight excluding hydrogens is 122 g/mol. The molecule has 0 aromatic rings. The second-order valence-corrected chi connectivity index (χ2v) is 3.54. The van der Waals surface area contributed by atoms with Crippen LogP contribution in [-0.2, 0) is 0 Å². The van der Waals surface area contributed by atoms with Crippen molar-refractivity contribution in [2.24, 2.45) is 5.92 Å². The second kappa shape index (κ2) is 7.07. The van der Waals surface area contributed by atoms with Crippen molar-refractivity contribution in [3.63, 3.8) is 0 Å². The first-order chi connectivity index (χ1) is 4.73. The van der Waals surface area contributed by atoms with Crippen LogP contribution in [0.15, 0.2) is 0 Å². The molecule has 0 aromatic carbocycles. The first kappa shape index (κ1) is 9.96. The van der Waals surface area contributed by atoms with Crippen LogP contribution in [-0.4, -0.2) is 13.1 Å². The summed E-state index contributed by atoms with van der Waals surface area (Å²) in [5.41, 5.74) is 0. The Hall–Kier alpha value is -0.0400. The average Bonchev–Trinajstić information content (AvgIpc) is 1.90. The molecule has 0 unspecified atom stereocenters. The molecule has 0 aliphatic carbocycles. The molecule has 1 fully saturated rings. The number of piperidine rings is 1. The lowest BCUT2D eigenvalue weighted by molar-refractivity contribution is 0.520. The Balaban J connectivity index is 0.000000180. The lowest BCUT2D eigenvalue weighted by atomic mass is 10.2. The molecule has 1 rings (SSSR count). The Kier molecular flexibility index (Phi) is 7.04. The molecule has 1 aliphatic heterocycles. The number of hydrogen-bond donors (Lipinski definition) is 1. The number of rotatable bonds is 0. The van der Waals surface area contributed by atoms with Crippen LogP contribution in [0.25, 0.3) is 0 Å². The zero-order valence-electron chi connectivity index (χ0n) is 7.61. The molecule has 0 bridgehead atoms. The van der Waals surface area contributed by atoms with Gasteiger partial charge in [-0.15, -0.1) is 0 Å². The van der Waals surface area contributed by atoms with Crippen LogP contribution in [0.4, 0.5) is 0 Å². The third-order valence-corrected chi connectivity index (χ3v) is 1.21. The third kappa shape index (κ3) is 10.9. The van der Waals surface area contributed by atoms with Gasteiger partial charge < -0.3 is 5.32 Å². The molecule has 0 spiro atoms. The van der Waals surface area contributed by atoms with E-state index >= 15 is 0 Å². The summed E-state index contributed by atoms with van der Waals surface area (Å²) in [5.74, 6) is 0.833. The normalized spacial score (nSPS) is 18.0. The highest BCUT2D eigenvalue weighted by molar-refractivity contribution is 4.55. The molecule has 1 heteroatoms. The zero-order valence-corrected chi connectivity index (χ0v) is 7.61. The van der Waals surface area contributed by atoms with Gasteiger partial charge in [0.1, 0.15) is 0 Å². The summed E-state index contributed by atoms with van der Waals surface area (Å²) in [4.78, 5) is 0. The molecule has 10 heavy (non-hydrogen) atoms. The Morgan fingerprint density at radius 1 is 0.900 bits per heavy atom. The maximum atomic E-state index is 3.28. The van der Waals surface area contributed by atoms with Gasteiger partial charge in [0, 0.05) is 0 Å². The van der Waals surface area contributed by atoms with E-state index in [1.165, 1.54) is 32.4 Å². The summed E-state index contributed by atoms with van der Waals surface area (Å²) in [6, 6.07) is 0. The van der Waals surface area contributed by atoms with E-state index in [1.54, 1.807) is 0 Å². The minimum Gasteiger partial charge on any atom is -0.317 e. The fourth-order valence-corrected chi connectivity index (χ4v) is 0.802. The van der Waals surface area contributed by atoms with E-state index in [4.69, 9.17) is 0 Å². The van der Waals surface area contributed by atoms with Crippen LogP contribution in [0.5, 0.6) is 0 Å². The molecule has 1 N–H and O–H groups in total. The molecule has 0 radical (unpaired) electrons. The van der Waals surface area contributed by atoms with E-state index in [0.29, 0.717) is 0 Å². The van der Waals surface area contributed by atoms with Crippen LogP contribution in [0.2, 0.25) is 0 Å². The van der Waals surface area contributed by atoms with Crippen LogP contribution in [0.3, 0.4) is 0 Å². The van der Waals surface area contributed by atoms with Gasteiger partial charge in [-0.1, -0.05) is 27.2 Å². The van der Waals surface area contributed by atoms with Crippen LogP contribution in [0.1, 0.15) is 40.0 Å². The predicted octanol–water partition coefficient (Wildman–Crippen LogP) is 2.42. The molecule has 1 nitrogen and oxygen atoms in total. The van der Waals surface area contributed by atoms with E-state index < -0.39 is 0 Å². The SMILES string of the molecule is C1CCNCC1.CC(C)C. The Morgan fingerprint density at radius 2 is 1.30 bits per heavy atom. The van der Waals surface area contributed by atoms with Gasteiger partial charge in [-0.3, -0.25) is 0 Å². The van der Waals surface area contributed by atoms with Gasteiger partial charge in [0.25, 0.3) is 0 Å². The van der Waals surface area contributed by atoms with Crippen molar-refractivity contribution in [2.75, 3.05) is 13.1 Å². The second-order valence-electron chi connectivity index (χ2n) is 3.54. The fourth-order valence-electron chi connectivity index (χ4n) is 0.802. The molecule has 1 aliphatic rings. The van der Waals surface area contributed by atoms with E-state index in [0.717, 1.165) is 5.92 Å². The van der Waals surface area contributed by atoms with Crippen molar-refractivity contribution in [1.29, 1.82) is 0 Å². The van der Waals surface area contributed by atoms with E-state index in [-0.39, 0.29) is 0 Å². The van der Waals surface area contributed by atoms with Crippen LogP contribution in [0, 0.1) is 5.92 Å². The lowest BCUT2D eigenvalue weighted by Crippen LogP contribution is -2.21. The van der Waals surface area contributed by atoms with Crippen molar-refractivity contribution < 1.29 is 0 Å². The first-order valence-corrected chi connectivity index (χ1v) is 4.44. The summed E-state index contributed by atoms with van der Waals surface area (Å²) in [5, 5.41) is 3.28. The molecule has 0 saturated carbocycles. The summed E-state index contributed by atoms with van der Waals surface area (Å²) < 4.78 is 0. The molecule has 1 saturated heterocycles. The molecule has 62 valence electrons. The highest BCUT2D eigenvalue weighted by Crippen LogP contribution is 1.96. The van der Waals surface area contributed by atoms with Gasteiger partial charge >= 0.3 is 0 Å². The lowest BCUT2D eigenvalue weighted by Gasteiger charge is -2.08. The number of hydrogen-bond acceptors (Lipinski definition) is 1. The standard InChI is InChI=1S/C5H11N.C4H10/c1-2-4-6-5-3-1;1-4(2)3/h6H,1-5H2;4H,1-3H3. The molecule has 0 atom stereocenters. The van der Waals surface area contributed by atoms with Gasteiger partial charge in [-0.05, 0) is 31.8 Å².